The number of benzene rings is 2. The first-order valence-corrected chi connectivity index (χ1v) is 8.34. The van der Waals surface area contributed by atoms with Gasteiger partial charge in [0.25, 0.3) is 0 Å². The van der Waals surface area contributed by atoms with Crippen LogP contribution < -0.4 is 0 Å². The maximum atomic E-state index is 13.2. The molecule has 4 nitrogen and oxygen atoms in total. The molecule has 2 heterocycles. The van der Waals surface area contributed by atoms with E-state index in [4.69, 9.17) is 0 Å². The van der Waals surface area contributed by atoms with E-state index in [1.807, 2.05) is 35.2 Å². The van der Waals surface area contributed by atoms with Gasteiger partial charge in [0.1, 0.15) is 5.82 Å². The molecule has 0 radical (unpaired) electrons. The van der Waals surface area contributed by atoms with Crippen molar-refractivity contribution >= 4 is 5.91 Å². The van der Waals surface area contributed by atoms with Crippen LogP contribution in [0, 0.1) is 5.82 Å². The molecule has 0 bridgehead atoms. The van der Waals surface area contributed by atoms with Gasteiger partial charge in [0, 0.05) is 36.3 Å². The number of carbonyl (C=O) groups is 1. The van der Waals surface area contributed by atoms with Gasteiger partial charge in [-0.05, 0) is 29.8 Å². The molecular weight excluding hydrogens is 317 g/mol. The molecule has 0 fully saturated rings. The normalized spacial score (nSPS) is 13.6. The fourth-order valence-electron chi connectivity index (χ4n) is 3.24. The summed E-state index contributed by atoms with van der Waals surface area (Å²) in [5.74, 6) is -0.157. The monoisotopic (exact) mass is 335 g/mol. The van der Waals surface area contributed by atoms with Gasteiger partial charge < -0.3 is 4.90 Å². The Labute approximate surface area is 145 Å². The number of fused-ring (bicyclic) bond motifs is 1. The number of hydrogen-bond donors (Lipinski definition) is 1. The van der Waals surface area contributed by atoms with Crippen molar-refractivity contribution in [2.75, 3.05) is 6.54 Å². The summed E-state index contributed by atoms with van der Waals surface area (Å²) in [4.78, 5) is 14.5. The van der Waals surface area contributed by atoms with Gasteiger partial charge in [-0.1, -0.05) is 30.3 Å². The lowest BCUT2D eigenvalue weighted by Gasteiger charge is -2.27. The van der Waals surface area contributed by atoms with Crippen LogP contribution in [-0.2, 0) is 24.2 Å². The lowest BCUT2D eigenvalue weighted by atomic mass is 10.0. The minimum Gasteiger partial charge on any atom is -0.338 e. The van der Waals surface area contributed by atoms with Crippen LogP contribution in [0.5, 0.6) is 0 Å². The number of aromatic nitrogens is 2. The number of nitrogens with one attached hydrogen (secondary N) is 1. The highest BCUT2D eigenvalue weighted by Crippen LogP contribution is 2.28. The minimum atomic E-state index is -0.271. The predicted molar refractivity (Wildman–Crippen MR) is 93.2 cm³/mol. The van der Waals surface area contributed by atoms with Crippen molar-refractivity contribution < 1.29 is 9.18 Å². The SMILES string of the molecule is O=C(Cc1ccccc1)N1CCc2[nH]nc(-c3ccc(F)cc3)c2C1. The average molecular weight is 335 g/mol. The molecule has 0 saturated heterocycles. The van der Waals surface area contributed by atoms with E-state index >= 15 is 0 Å². The van der Waals surface area contributed by atoms with Crippen molar-refractivity contribution in [2.45, 2.75) is 19.4 Å². The van der Waals surface area contributed by atoms with Crippen LogP contribution in [0.15, 0.2) is 54.6 Å². The van der Waals surface area contributed by atoms with E-state index in [9.17, 15) is 9.18 Å². The van der Waals surface area contributed by atoms with Crippen molar-refractivity contribution in [1.82, 2.24) is 15.1 Å². The third-order valence-electron chi connectivity index (χ3n) is 4.60. The van der Waals surface area contributed by atoms with E-state index in [1.54, 1.807) is 12.1 Å². The van der Waals surface area contributed by atoms with E-state index < -0.39 is 0 Å². The summed E-state index contributed by atoms with van der Waals surface area (Å²) < 4.78 is 13.2. The summed E-state index contributed by atoms with van der Waals surface area (Å²) in [6.45, 7) is 1.22. The molecule has 5 heteroatoms. The van der Waals surface area contributed by atoms with Gasteiger partial charge >= 0.3 is 0 Å². The Kier molecular flexibility index (Phi) is 4.06. The lowest BCUT2D eigenvalue weighted by Crippen LogP contribution is -2.36. The first kappa shape index (κ1) is 15.6. The van der Waals surface area contributed by atoms with Gasteiger partial charge in [-0.15, -0.1) is 0 Å². The van der Waals surface area contributed by atoms with E-state index in [0.717, 1.165) is 34.5 Å². The summed E-state index contributed by atoms with van der Waals surface area (Å²) >= 11 is 0. The maximum Gasteiger partial charge on any atom is 0.227 e. The van der Waals surface area contributed by atoms with Crippen molar-refractivity contribution in [3.8, 4) is 11.3 Å². The highest BCUT2D eigenvalue weighted by Gasteiger charge is 2.25. The molecule has 0 saturated carbocycles. The highest BCUT2D eigenvalue weighted by atomic mass is 19.1. The van der Waals surface area contributed by atoms with Crippen molar-refractivity contribution in [3.63, 3.8) is 0 Å². The molecule has 126 valence electrons. The lowest BCUT2D eigenvalue weighted by molar-refractivity contribution is -0.131. The van der Waals surface area contributed by atoms with E-state index in [2.05, 4.69) is 10.2 Å². The summed E-state index contributed by atoms with van der Waals surface area (Å²) in [7, 11) is 0. The standard InChI is InChI=1S/C20H18FN3O/c21-16-8-6-15(7-9-16)20-17-13-24(11-10-18(17)22-23-20)19(25)12-14-4-2-1-3-5-14/h1-9H,10-13H2,(H,22,23). The molecule has 2 aromatic carbocycles. The van der Waals surface area contributed by atoms with Crippen molar-refractivity contribution in [3.05, 3.63) is 77.2 Å². The van der Waals surface area contributed by atoms with Crippen molar-refractivity contribution in [2.24, 2.45) is 0 Å². The third-order valence-corrected chi connectivity index (χ3v) is 4.60. The van der Waals surface area contributed by atoms with Crippen molar-refractivity contribution in [1.29, 1.82) is 0 Å². The number of aromatic amines is 1. The largest absolute Gasteiger partial charge is 0.338 e. The van der Waals surface area contributed by atoms with Gasteiger partial charge in [-0.2, -0.15) is 5.10 Å². The van der Waals surface area contributed by atoms with Gasteiger partial charge in [0.15, 0.2) is 0 Å². The Balaban J connectivity index is 1.55. The van der Waals surface area contributed by atoms with Gasteiger partial charge in [0.05, 0.1) is 12.1 Å². The summed E-state index contributed by atoms with van der Waals surface area (Å²) in [6, 6.07) is 16.1. The zero-order chi connectivity index (χ0) is 17.2. The first-order chi connectivity index (χ1) is 12.2. The molecule has 0 aliphatic carbocycles. The molecule has 4 rings (SSSR count). The smallest absolute Gasteiger partial charge is 0.227 e. The molecule has 1 aliphatic heterocycles. The van der Waals surface area contributed by atoms with Crippen LogP contribution in [0.4, 0.5) is 4.39 Å². The molecule has 1 N–H and O–H groups in total. The quantitative estimate of drug-likeness (QED) is 0.798. The summed E-state index contributed by atoms with van der Waals surface area (Å²) in [6.07, 6.45) is 1.16. The molecule has 0 atom stereocenters. The Morgan fingerprint density at radius 3 is 2.64 bits per heavy atom. The second kappa shape index (κ2) is 6.51. The van der Waals surface area contributed by atoms with Crippen LogP contribution >= 0.6 is 0 Å². The molecule has 3 aromatic rings. The van der Waals surface area contributed by atoms with Crippen LogP contribution in [-0.4, -0.2) is 27.5 Å². The molecule has 25 heavy (non-hydrogen) atoms. The Morgan fingerprint density at radius 2 is 1.88 bits per heavy atom. The minimum absolute atomic E-state index is 0.114. The molecule has 1 amide bonds. The van der Waals surface area contributed by atoms with Gasteiger partial charge in [-0.3, -0.25) is 9.89 Å². The molecule has 0 spiro atoms. The number of amides is 1. The zero-order valence-electron chi connectivity index (χ0n) is 13.7. The molecule has 0 unspecified atom stereocenters. The van der Waals surface area contributed by atoms with Crippen LogP contribution in [0.2, 0.25) is 0 Å². The Bertz CT molecular complexity index is 887. The second-order valence-corrected chi connectivity index (χ2v) is 6.26. The number of H-pyrrole nitrogens is 1. The fraction of sp³-hybridized carbons (Fsp3) is 0.200. The number of nitrogens with zero attached hydrogens (tertiary/aromatic N) is 2. The van der Waals surface area contributed by atoms with Gasteiger partial charge in [-0.25, -0.2) is 4.39 Å². The second-order valence-electron chi connectivity index (χ2n) is 6.26. The summed E-state index contributed by atoms with van der Waals surface area (Å²) in [5, 5.41) is 7.46. The summed E-state index contributed by atoms with van der Waals surface area (Å²) in [5.41, 5.74) is 4.76. The first-order valence-electron chi connectivity index (χ1n) is 8.34. The van der Waals surface area contributed by atoms with E-state index in [-0.39, 0.29) is 11.7 Å². The molecule has 1 aliphatic rings. The van der Waals surface area contributed by atoms with Gasteiger partial charge in [0.2, 0.25) is 5.91 Å². The van der Waals surface area contributed by atoms with E-state index in [0.29, 0.717) is 19.5 Å². The third kappa shape index (κ3) is 3.18. The molecular formula is C20H18FN3O. The average Bonchev–Trinajstić information content (AvgIpc) is 3.06. The van der Waals surface area contributed by atoms with Crippen LogP contribution in [0.3, 0.4) is 0 Å². The number of halogens is 1. The fourth-order valence-corrected chi connectivity index (χ4v) is 3.24. The number of carbonyl (C=O) groups excluding carboxylic acids is 1. The van der Waals surface area contributed by atoms with Crippen LogP contribution in [0.1, 0.15) is 16.8 Å². The zero-order valence-corrected chi connectivity index (χ0v) is 13.7. The Morgan fingerprint density at radius 1 is 1.12 bits per heavy atom. The van der Waals surface area contributed by atoms with Crippen LogP contribution in [0.25, 0.3) is 11.3 Å². The topological polar surface area (TPSA) is 49.0 Å². The Hall–Kier alpha value is -2.95. The number of hydrogen-bond acceptors (Lipinski definition) is 2. The maximum absolute atomic E-state index is 13.2. The van der Waals surface area contributed by atoms with E-state index in [1.165, 1.54) is 12.1 Å². The predicted octanol–water partition coefficient (Wildman–Crippen LogP) is 3.34. The number of rotatable bonds is 3. The highest BCUT2D eigenvalue weighted by molar-refractivity contribution is 5.79. The molecule has 1 aromatic heterocycles.